The Labute approximate surface area is 146 Å². The summed E-state index contributed by atoms with van der Waals surface area (Å²) in [7, 11) is -7.73. The van der Waals surface area contributed by atoms with Gasteiger partial charge in [-0.2, -0.15) is 4.31 Å². The Bertz CT molecular complexity index is 908. The number of carbonyl (C=O) groups is 1. The van der Waals surface area contributed by atoms with E-state index in [0.717, 1.165) is 23.2 Å². The van der Waals surface area contributed by atoms with Crippen molar-refractivity contribution >= 4 is 26.0 Å². The van der Waals surface area contributed by atoms with Crippen molar-refractivity contribution in [1.82, 2.24) is 9.03 Å². The fourth-order valence-electron chi connectivity index (χ4n) is 2.74. The first-order valence-electron chi connectivity index (χ1n) is 7.91. The molecule has 2 fully saturated rings. The van der Waals surface area contributed by atoms with Gasteiger partial charge in [-0.1, -0.05) is 6.07 Å². The van der Waals surface area contributed by atoms with Crippen LogP contribution >= 0.6 is 0 Å². The molecule has 10 heteroatoms. The van der Waals surface area contributed by atoms with Gasteiger partial charge in [0.1, 0.15) is 0 Å². The van der Waals surface area contributed by atoms with E-state index in [1.54, 1.807) is 0 Å². The largest absolute Gasteiger partial charge is 0.481 e. The molecule has 25 heavy (non-hydrogen) atoms. The summed E-state index contributed by atoms with van der Waals surface area (Å²) in [5, 5.41) is 9.26. The maximum absolute atomic E-state index is 12.8. The summed E-state index contributed by atoms with van der Waals surface area (Å²) < 4.78 is 53.7. The fraction of sp³-hybridized carbons (Fsp3) is 0.533. The molecule has 1 saturated heterocycles. The topological polar surface area (TPSA) is 121 Å². The molecule has 0 radical (unpaired) electrons. The quantitative estimate of drug-likeness (QED) is 0.737. The molecule has 1 atom stereocenters. The second-order valence-electron chi connectivity index (χ2n) is 6.82. The first-order valence-corrected chi connectivity index (χ1v) is 10.8. The first-order chi connectivity index (χ1) is 11.5. The second kappa shape index (κ2) is 6.04. The van der Waals surface area contributed by atoms with E-state index in [9.17, 15) is 26.7 Å². The van der Waals surface area contributed by atoms with Gasteiger partial charge in [0.15, 0.2) is 0 Å². The van der Waals surface area contributed by atoms with Crippen molar-refractivity contribution < 1.29 is 26.7 Å². The highest BCUT2D eigenvalue weighted by molar-refractivity contribution is 7.90. The van der Waals surface area contributed by atoms with Gasteiger partial charge in [0.05, 0.1) is 15.2 Å². The van der Waals surface area contributed by atoms with Crippen LogP contribution in [0.25, 0.3) is 0 Å². The standard InChI is InChI=1S/C15H20N2O6S2/c1-15(14(18)19)7-8-17(10-15)25(22,23)13-4-2-3-12(9-13)24(20,21)16-11-5-6-11/h2-4,9,11,16H,5-8,10H2,1H3,(H,18,19). The number of rotatable bonds is 6. The summed E-state index contributed by atoms with van der Waals surface area (Å²) in [6.45, 7) is 1.45. The molecule has 1 aromatic rings. The summed E-state index contributed by atoms with van der Waals surface area (Å²) in [5.41, 5.74) is -1.13. The fourth-order valence-corrected chi connectivity index (χ4v) is 5.77. The molecule has 1 saturated carbocycles. The Morgan fingerprint density at radius 2 is 1.88 bits per heavy atom. The maximum Gasteiger partial charge on any atom is 0.310 e. The SMILES string of the molecule is CC1(C(=O)O)CCN(S(=O)(=O)c2cccc(S(=O)(=O)NC3CC3)c2)C1. The van der Waals surface area contributed by atoms with Crippen LogP contribution in [0.3, 0.4) is 0 Å². The van der Waals surface area contributed by atoms with Crippen LogP contribution in [0.5, 0.6) is 0 Å². The lowest BCUT2D eigenvalue weighted by Crippen LogP contribution is -2.35. The van der Waals surface area contributed by atoms with Crippen LogP contribution in [0.2, 0.25) is 0 Å². The Kier molecular flexibility index (Phi) is 4.43. The minimum Gasteiger partial charge on any atom is -0.481 e. The van der Waals surface area contributed by atoms with E-state index in [-0.39, 0.29) is 35.3 Å². The molecule has 0 bridgehead atoms. The molecule has 0 amide bonds. The number of hydrogen-bond acceptors (Lipinski definition) is 5. The maximum atomic E-state index is 12.8. The minimum absolute atomic E-state index is 0.0832. The molecular formula is C15H20N2O6S2. The zero-order valence-corrected chi connectivity index (χ0v) is 15.3. The molecule has 0 aromatic heterocycles. The van der Waals surface area contributed by atoms with E-state index in [4.69, 9.17) is 0 Å². The molecular weight excluding hydrogens is 368 g/mol. The zero-order valence-electron chi connectivity index (χ0n) is 13.7. The van der Waals surface area contributed by atoms with Gasteiger partial charge < -0.3 is 5.11 Å². The average Bonchev–Trinajstić information content (AvgIpc) is 3.24. The van der Waals surface area contributed by atoms with Crippen LogP contribution in [-0.4, -0.2) is 51.3 Å². The van der Waals surface area contributed by atoms with E-state index < -0.39 is 31.4 Å². The van der Waals surface area contributed by atoms with E-state index in [1.807, 2.05) is 0 Å². The van der Waals surface area contributed by atoms with Crippen LogP contribution in [0, 0.1) is 5.41 Å². The number of nitrogens with zero attached hydrogens (tertiary/aromatic N) is 1. The van der Waals surface area contributed by atoms with Gasteiger partial charge in [-0.25, -0.2) is 21.6 Å². The van der Waals surface area contributed by atoms with Gasteiger partial charge in [-0.3, -0.25) is 4.79 Å². The zero-order chi connectivity index (χ0) is 18.5. The van der Waals surface area contributed by atoms with Crippen LogP contribution in [0.4, 0.5) is 0 Å². The van der Waals surface area contributed by atoms with Crippen molar-refractivity contribution in [2.75, 3.05) is 13.1 Å². The predicted molar refractivity (Wildman–Crippen MR) is 88.9 cm³/mol. The summed E-state index contributed by atoms with van der Waals surface area (Å²) in [5.74, 6) is -1.05. The predicted octanol–water partition coefficient (Wildman–Crippen LogP) is 0.613. The van der Waals surface area contributed by atoms with E-state index >= 15 is 0 Å². The molecule has 1 aromatic carbocycles. The molecule has 1 heterocycles. The highest BCUT2D eigenvalue weighted by atomic mass is 32.2. The van der Waals surface area contributed by atoms with Gasteiger partial charge in [0.2, 0.25) is 20.0 Å². The smallest absolute Gasteiger partial charge is 0.310 e. The van der Waals surface area contributed by atoms with Crippen molar-refractivity contribution in [3.8, 4) is 0 Å². The first kappa shape index (κ1) is 18.3. The molecule has 1 aliphatic carbocycles. The summed E-state index contributed by atoms with van der Waals surface area (Å²) in [6, 6.07) is 5.08. The van der Waals surface area contributed by atoms with Crippen molar-refractivity contribution in [3.05, 3.63) is 24.3 Å². The van der Waals surface area contributed by atoms with Gasteiger partial charge in [0, 0.05) is 19.1 Å². The molecule has 2 N–H and O–H groups in total. The highest BCUT2D eigenvalue weighted by Crippen LogP contribution is 2.34. The average molecular weight is 388 g/mol. The van der Waals surface area contributed by atoms with Crippen molar-refractivity contribution in [2.45, 2.75) is 42.0 Å². The Balaban J connectivity index is 1.88. The third-order valence-electron chi connectivity index (χ3n) is 4.61. The Morgan fingerprint density at radius 1 is 1.24 bits per heavy atom. The lowest BCUT2D eigenvalue weighted by molar-refractivity contribution is -0.146. The number of aliphatic carboxylic acids is 1. The van der Waals surface area contributed by atoms with Crippen LogP contribution in [0.15, 0.2) is 34.1 Å². The van der Waals surface area contributed by atoms with Gasteiger partial charge in [-0.05, 0) is 44.4 Å². The second-order valence-corrected chi connectivity index (χ2v) is 10.5. The monoisotopic (exact) mass is 388 g/mol. The lowest BCUT2D eigenvalue weighted by atomic mass is 9.90. The molecule has 0 spiro atoms. The van der Waals surface area contributed by atoms with Crippen LogP contribution in [0.1, 0.15) is 26.2 Å². The number of hydrogen-bond donors (Lipinski definition) is 2. The lowest BCUT2D eigenvalue weighted by Gasteiger charge is -2.20. The van der Waals surface area contributed by atoms with Gasteiger partial charge in [0.25, 0.3) is 0 Å². The third-order valence-corrected chi connectivity index (χ3v) is 7.97. The number of nitrogens with one attached hydrogen (secondary N) is 1. The summed E-state index contributed by atoms with van der Waals surface area (Å²) in [6.07, 6.45) is 1.76. The summed E-state index contributed by atoms with van der Waals surface area (Å²) in [4.78, 5) is 11.1. The third kappa shape index (κ3) is 3.57. The van der Waals surface area contributed by atoms with Crippen molar-refractivity contribution in [1.29, 1.82) is 0 Å². The number of sulfonamides is 2. The van der Waals surface area contributed by atoms with Gasteiger partial charge >= 0.3 is 5.97 Å². The molecule has 2 aliphatic rings. The Hall–Kier alpha value is -1.49. The number of benzene rings is 1. The minimum atomic E-state index is -3.96. The molecule has 1 aliphatic heterocycles. The molecule has 138 valence electrons. The molecule has 3 rings (SSSR count). The van der Waals surface area contributed by atoms with Gasteiger partial charge in [-0.15, -0.1) is 0 Å². The van der Waals surface area contributed by atoms with Crippen molar-refractivity contribution in [3.63, 3.8) is 0 Å². The van der Waals surface area contributed by atoms with E-state index in [2.05, 4.69) is 4.72 Å². The Morgan fingerprint density at radius 3 is 2.44 bits per heavy atom. The number of carboxylic acid groups (broad SMARTS) is 1. The molecule has 1 unspecified atom stereocenters. The van der Waals surface area contributed by atoms with Crippen LogP contribution in [-0.2, 0) is 24.8 Å². The van der Waals surface area contributed by atoms with Crippen molar-refractivity contribution in [2.24, 2.45) is 5.41 Å². The van der Waals surface area contributed by atoms with E-state index in [0.29, 0.717) is 0 Å². The number of carboxylic acids is 1. The normalized spacial score (nSPS) is 25.2. The molecule has 8 nitrogen and oxygen atoms in total. The van der Waals surface area contributed by atoms with Crippen LogP contribution < -0.4 is 4.72 Å². The highest BCUT2D eigenvalue weighted by Gasteiger charge is 2.45. The summed E-state index contributed by atoms with van der Waals surface area (Å²) >= 11 is 0. The van der Waals surface area contributed by atoms with E-state index in [1.165, 1.54) is 25.1 Å².